The molecule has 5 heteroatoms. The first-order chi connectivity index (χ1) is 12.3. The number of carbonyl (C=O) groups excluding carboxylic acids is 1. The van der Waals surface area contributed by atoms with Gasteiger partial charge >= 0.3 is 0 Å². The molecule has 0 aromatic carbocycles. The van der Waals surface area contributed by atoms with Crippen LogP contribution in [0.25, 0.3) is 0 Å². The zero-order valence-electron chi connectivity index (χ0n) is 15.0. The predicted octanol–water partition coefficient (Wildman–Crippen LogP) is 3.10. The minimum absolute atomic E-state index is 0.0573. The molecule has 2 heterocycles. The Bertz CT molecular complexity index is 579. The highest BCUT2D eigenvalue weighted by Gasteiger charge is 2.31. The van der Waals surface area contributed by atoms with Gasteiger partial charge in [-0.15, -0.1) is 0 Å². The quantitative estimate of drug-likeness (QED) is 0.843. The molecule has 0 atom stereocenters. The molecule has 3 aliphatic rings. The molecule has 0 spiro atoms. The lowest BCUT2D eigenvalue weighted by atomic mass is 9.98. The van der Waals surface area contributed by atoms with Crippen LogP contribution in [0.1, 0.15) is 61.9 Å². The molecule has 25 heavy (non-hydrogen) atoms. The Morgan fingerprint density at radius 3 is 2.52 bits per heavy atom. The summed E-state index contributed by atoms with van der Waals surface area (Å²) in [6.45, 7) is 3.77. The fraction of sp³-hybridized carbons (Fsp3) is 0.700. The lowest BCUT2D eigenvalue weighted by molar-refractivity contribution is 0.0755. The van der Waals surface area contributed by atoms with Gasteiger partial charge in [-0.25, -0.2) is 4.98 Å². The maximum atomic E-state index is 12.8. The number of pyridine rings is 1. The normalized spacial score (nSPS) is 23.3. The Kier molecular flexibility index (Phi) is 5.20. The largest absolute Gasteiger partial charge is 0.489 e. The number of carbonyl (C=O) groups is 1. The van der Waals surface area contributed by atoms with Crippen molar-refractivity contribution in [3.63, 3.8) is 0 Å². The van der Waals surface area contributed by atoms with Gasteiger partial charge in [0, 0.05) is 32.2 Å². The van der Waals surface area contributed by atoms with E-state index in [4.69, 9.17) is 4.74 Å². The zero-order valence-corrected chi connectivity index (χ0v) is 15.0. The fourth-order valence-electron chi connectivity index (χ4n) is 4.06. The first-order valence-corrected chi connectivity index (χ1v) is 9.95. The van der Waals surface area contributed by atoms with Crippen molar-refractivity contribution >= 4 is 5.91 Å². The van der Waals surface area contributed by atoms with Gasteiger partial charge in [-0.1, -0.05) is 6.42 Å². The van der Waals surface area contributed by atoms with E-state index in [0.717, 1.165) is 57.2 Å². The number of aromatic nitrogens is 1. The molecule has 5 nitrogen and oxygen atoms in total. The highest BCUT2D eigenvalue weighted by Crippen LogP contribution is 2.27. The predicted molar refractivity (Wildman–Crippen MR) is 96.9 cm³/mol. The van der Waals surface area contributed by atoms with Crippen LogP contribution in [0.2, 0.25) is 0 Å². The molecular formula is C20H29N3O2. The van der Waals surface area contributed by atoms with Crippen LogP contribution in [0.4, 0.5) is 0 Å². The fourth-order valence-corrected chi connectivity index (χ4v) is 4.06. The topological polar surface area (TPSA) is 45.7 Å². The summed E-state index contributed by atoms with van der Waals surface area (Å²) < 4.78 is 6.01. The third kappa shape index (κ3) is 4.32. The molecule has 1 aromatic rings. The SMILES string of the molecule is O=C(c1ccc(OC2CCCCC2)cn1)N1CCCN(C2CC2)CC1. The molecule has 0 radical (unpaired) electrons. The number of hydrogen-bond acceptors (Lipinski definition) is 4. The van der Waals surface area contributed by atoms with Crippen LogP contribution in [-0.2, 0) is 0 Å². The number of nitrogens with zero attached hydrogens (tertiary/aromatic N) is 3. The molecule has 4 rings (SSSR count). The average Bonchev–Trinajstić information content (AvgIpc) is 3.49. The highest BCUT2D eigenvalue weighted by molar-refractivity contribution is 5.92. The van der Waals surface area contributed by atoms with Gasteiger partial charge < -0.3 is 9.64 Å². The van der Waals surface area contributed by atoms with Gasteiger partial charge in [0.2, 0.25) is 0 Å². The summed E-state index contributed by atoms with van der Waals surface area (Å²) in [6, 6.07) is 4.51. The zero-order chi connectivity index (χ0) is 17.1. The van der Waals surface area contributed by atoms with E-state index >= 15 is 0 Å². The van der Waals surface area contributed by atoms with E-state index < -0.39 is 0 Å². The summed E-state index contributed by atoms with van der Waals surface area (Å²) in [5, 5.41) is 0. The van der Waals surface area contributed by atoms with Crippen molar-refractivity contribution in [2.75, 3.05) is 26.2 Å². The van der Waals surface area contributed by atoms with E-state index in [1.54, 1.807) is 6.20 Å². The van der Waals surface area contributed by atoms with E-state index in [0.29, 0.717) is 11.8 Å². The molecule has 0 unspecified atom stereocenters. The molecule has 0 bridgehead atoms. The van der Waals surface area contributed by atoms with Crippen molar-refractivity contribution in [2.45, 2.75) is 63.5 Å². The van der Waals surface area contributed by atoms with Crippen molar-refractivity contribution in [3.8, 4) is 5.75 Å². The van der Waals surface area contributed by atoms with E-state index in [2.05, 4.69) is 9.88 Å². The van der Waals surface area contributed by atoms with E-state index in [-0.39, 0.29) is 5.91 Å². The maximum Gasteiger partial charge on any atom is 0.272 e. The van der Waals surface area contributed by atoms with Crippen molar-refractivity contribution < 1.29 is 9.53 Å². The molecule has 1 aliphatic heterocycles. The summed E-state index contributed by atoms with van der Waals surface area (Å²) in [4.78, 5) is 21.6. The molecule has 1 saturated heterocycles. The minimum Gasteiger partial charge on any atom is -0.489 e. The summed E-state index contributed by atoms with van der Waals surface area (Å²) in [6.07, 6.45) is 11.8. The number of ether oxygens (including phenoxy) is 1. The first-order valence-electron chi connectivity index (χ1n) is 9.95. The molecule has 1 aromatic heterocycles. The molecule has 0 N–H and O–H groups in total. The van der Waals surface area contributed by atoms with Gasteiger partial charge in [0.05, 0.1) is 12.3 Å². The van der Waals surface area contributed by atoms with Gasteiger partial charge in [-0.05, 0) is 57.1 Å². The smallest absolute Gasteiger partial charge is 0.272 e. The highest BCUT2D eigenvalue weighted by atomic mass is 16.5. The lowest BCUT2D eigenvalue weighted by Gasteiger charge is -2.23. The summed E-state index contributed by atoms with van der Waals surface area (Å²) in [5.41, 5.74) is 0.538. The molecule has 1 amide bonds. The molecule has 2 saturated carbocycles. The molecule has 3 fully saturated rings. The Hall–Kier alpha value is -1.62. The van der Waals surface area contributed by atoms with Gasteiger partial charge in [-0.3, -0.25) is 9.69 Å². The standard InChI is InChI=1S/C20H29N3O2/c24-20(23-12-4-11-22(13-14-23)16-7-8-16)19-10-9-18(15-21-19)25-17-5-2-1-3-6-17/h9-10,15-17H,1-8,11-14H2. The summed E-state index contributed by atoms with van der Waals surface area (Å²) in [7, 11) is 0. The van der Waals surface area contributed by atoms with Crippen LogP contribution < -0.4 is 4.74 Å². The van der Waals surface area contributed by atoms with Crippen LogP contribution in [0, 0.1) is 0 Å². The van der Waals surface area contributed by atoms with Gasteiger partial charge in [0.15, 0.2) is 0 Å². The van der Waals surface area contributed by atoms with Crippen molar-refractivity contribution in [1.29, 1.82) is 0 Å². The second-order valence-electron chi connectivity index (χ2n) is 7.67. The summed E-state index contributed by atoms with van der Waals surface area (Å²) >= 11 is 0. The van der Waals surface area contributed by atoms with Crippen LogP contribution in [0.15, 0.2) is 18.3 Å². The van der Waals surface area contributed by atoms with E-state index in [9.17, 15) is 4.79 Å². The van der Waals surface area contributed by atoms with Crippen LogP contribution in [-0.4, -0.2) is 59.0 Å². The maximum absolute atomic E-state index is 12.8. The Morgan fingerprint density at radius 1 is 0.960 bits per heavy atom. The number of amides is 1. The van der Waals surface area contributed by atoms with Gasteiger partial charge in [-0.2, -0.15) is 0 Å². The Balaban J connectivity index is 1.33. The van der Waals surface area contributed by atoms with E-state index in [1.165, 1.54) is 32.1 Å². The number of hydrogen-bond donors (Lipinski definition) is 0. The minimum atomic E-state index is 0.0573. The molecular weight excluding hydrogens is 314 g/mol. The Morgan fingerprint density at radius 2 is 1.80 bits per heavy atom. The average molecular weight is 343 g/mol. The van der Waals surface area contributed by atoms with Crippen LogP contribution in [0.5, 0.6) is 5.75 Å². The van der Waals surface area contributed by atoms with E-state index in [1.807, 2.05) is 17.0 Å². The second kappa shape index (κ2) is 7.73. The lowest BCUT2D eigenvalue weighted by Crippen LogP contribution is -2.36. The van der Waals surface area contributed by atoms with Crippen molar-refractivity contribution in [3.05, 3.63) is 24.0 Å². The third-order valence-electron chi connectivity index (χ3n) is 5.69. The molecule has 2 aliphatic carbocycles. The molecule has 136 valence electrons. The third-order valence-corrected chi connectivity index (χ3v) is 5.69. The monoisotopic (exact) mass is 343 g/mol. The van der Waals surface area contributed by atoms with Crippen molar-refractivity contribution in [2.24, 2.45) is 0 Å². The second-order valence-corrected chi connectivity index (χ2v) is 7.67. The Labute approximate surface area is 150 Å². The first kappa shape index (κ1) is 16.8. The van der Waals surface area contributed by atoms with Gasteiger partial charge in [0.1, 0.15) is 11.4 Å². The summed E-state index contributed by atoms with van der Waals surface area (Å²) in [5.74, 6) is 0.848. The van der Waals surface area contributed by atoms with Crippen molar-refractivity contribution in [1.82, 2.24) is 14.8 Å². The van der Waals surface area contributed by atoms with Crippen LogP contribution >= 0.6 is 0 Å². The number of rotatable bonds is 4. The van der Waals surface area contributed by atoms with Crippen LogP contribution in [0.3, 0.4) is 0 Å². The van der Waals surface area contributed by atoms with Gasteiger partial charge in [0.25, 0.3) is 5.91 Å².